The smallest absolute Gasteiger partial charge is 0.244 e. The van der Waals surface area contributed by atoms with E-state index in [1.165, 1.54) is 19.1 Å². The molecule has 1 heterocycles. The molecule has 26 heavy (non-hydrogen) atoms. The standard InChI is InChI=1S/C17H15F5N4/c1-9-13(19)8-25-17(26-9)14(23)5-11(6-15(20)21)24-7-10-3-2-4-12(18)16(10)22/h2-5,8,15H,6-7,23H2,1H3. The Morgan fingerprint density at radius 1 is 1.23 bits per heavy atom. The van der Waals surface area contributed by atoms with Crippen molar-refractivity contribution in [3.63, 3.8) is 0 Å². The number of nitrogens with zero attached hydrogens (tertiary/aromatic N) is 3. The first kappa shape index (κ1) is 19.5. The van der Waals surface area contributed by atoms with Gasteiger partial charge in [-0.3, -0.25) is 4.99 Å². The molecule has 1 aromatic heterocycles. The zero-order chi connectivity index (χ0) is 19.3. The summed E-state index contributed by atoms with van der Waals surface area (Å²) < 4.78 is 65.5. The Balaban J connectivity index is 2.30. The lowest BCUT2D eigenvalue weighted by Gasteiger charge is -2.06. The fraction of sp³-hybridized carbons (Fsp3) is 0.235. The molecule has 0 fully saturated rings. The summed E-state index contributed by atoms with van der Waals surface area (Å²) in [7, 11) is 0. The number of alkyl halides is 2. The molecule has 0 unspecified atom stereocenters. The highest BCUT2D eigenvalue weighted by Gasteiger charge is 2.12. The van der Waals surface area contributed by atoms with E-state index in [0.717, 1.165) is 18.3 Å². The first-order valence-electron chi connectivity index (χ1n) is 7.49. The van der Waals surface area contributed by atoms with Crippen LogP contribution < -0.4 is 5.73 Å². The van der Waals surface area contributed by atoms with Gasteiger partial charge in [-0.1, -0.05) is 12.1 Å². The first-order chi connectivity index (χ1) is 12.3. The van der Waals surface area contributed by atoms with Crippen molar-refractivity contribution in [2.24, 2.45) is 10.7 Å². The van der Waals surface area contributed by atoms with E-state index in [1.807, 2.05) is 0 Å². The van der Waals surface area contributed by atoms with Crippen LogP contribution in [0.3, 0.4) is 0 Å². The number of aliphatic imine (C=N–C) groups is 1. The molecule has 2 aromatic rings. The number of hydrogen-bond acceptors (Lipinski definition) is 4. The molecule has 4 nitrogen and oxygen atoms in total. The highest BCUT2D eigenvalue weighted by atomic mass is 19.3. The maximum atomic E-state index is 13.6. The normalized spacial score (nSPS) is 12.7. The highest BCUT2D eigenvalue weighted by Crippen LogP contribution is 2.14. The Morgan fingerprint density at radius 3 is 2.62 bits per heavy atom. The molecule has 0 bridgehead atoms. The summed E-state index contributed by atoms with van der Waals surface area (Å²) in [5, 5.41) is 0. The molecule has 0 aliphatic carbocycles. The molecule has 0 saturated carbocycles. The van der Waals surface area contributed by atoms with Crippen molar-refractivity contribution in [1.29, 1.82) is 0 Å². The number of allylic oxidation sites excluding steroid dienone is 1. The summed E-state index contributed by atoms with van der Waals surface area (Å²) in [6.45, 7) is 1.05. The molecule has 9 heteroatoms. The topological polar surface area (TPSA) is 64.2 Å². The third kappa shape index (κ3) is 5.08. The van der Waals surface area contributed by atoms with Crippen molar-refractivity contribution in [2.75, 3.05) is 0 Å². The fourth-order valence-corrected chi connectivity index (χ4v) is 2.02. The summed E-state index contributed by atoms with van der Waals surface area (Å²) in [6.07, 6.45) is -1.47. The molecule has 0 aliphatic heterocycles. The van der Waals surface area contributed by atoms with Crippen molar-refractivity contribution in [1.82, 2.24) is 9.97 Å². The molecule has 0 spiro atoms. The molecule has 2 rings (SSSR count). The van der Waals surface area contributed by atoms with Crippen LogP contribution in [0.15, 0.2) is 35.5 Å². The Labute approximate surface area is 146 Å². The van der Waals surface area contributed by atoms with Crippen LogP contribution in [0.4, 0.5) is 22.0 Å². The van der Waals surface area contributed by atoms with Crippen LogP contribution in [0.5, 0.6) is 0 Å². The fourth-order valence-electron chi connectivity index (χ4n) is 2.02. The third-order valence-electron chi connectivity index (χ3n) is 3.35. The van der Waals surface area contributed by atoms with Gasteiger partial charge in [0.25, 0.3) is 0 Å². The first-order valence-corrected chi connectivity index (χ1v) is 7.49. The van der Waals surface area contributed by atoms with Crippen LogP contribution in [-0.2, 0) is 6.54 Å². The Bertz CT molecular complexity index is 849. The zero-order valence-corrected chi connectivity index (χ0v) is 13.7. The van der Waals surface area contributed by atoms with Gasteiger partial charge in [0.15, 0.2) is 23.3 Å². The van der Waals surface area contributed by atoms with Gasteiger partial charge in [-0.05, 0) is 19.1 Å². The van der Waals surface area contributed by atoms with E-state index in [2.05, 4.69) is 15.0 Å². The molecular weight excluding hydrogens is 355 g/mol. The number of nitrogens with two attached hydrogens (primary N) is 1. The lowest BCUT2D eigenvalue weighted by atomic mass is 10.2. The van der Waals surface area contributed by atoms with E-state index in [0.29, 0.717) is 0 Å². The van der Waals surface area contributed by atoms with Crippen LogP contribution in [0.2, 0.25) is 0 Å². The number of aryl methyl sites for hydroxylation is 1. The van der Waals surface area contributed by atoms with Crippen molar-refractivity contribution >= 4 is 11.4 Å². The van der Waals surface area contributed by atoms with Crippen molar-refractivity contribution in [2.45, 2.75) is 26.3 Å². The quantitative estimate of drug-likeness (QED) is 0.621. The number of halogens is 5. The Hall–Kier alpha value is -2.84. The van der Waals surface area contributed by atoms with Crippen molar-refractivity contribution in [3.05, 3.63) is 65.0 Å². The molecule has 138 valence electrons. The highest BCUT2D eigenvalue weighted by molar-refractivity contribution is 6.00. The molecule has 0 atom stereocenters. The number of rotatable bonds is 6. The predicted octanol–water partition coefficient (Wildman–Crippen LogP) is 3.80. The number of aromatic nitrogens is 2. The average Bonchev–Trinajstić information content (AvgIpc) is 2.57. The second kappa shape index (κ2) is 8.50. The van der Waals surface area contributed by atoms with Gasteiger partial charge in [0.05, 0.1) is 30.6 Å². The van der Waals surface area contributed by atoms with Crippen LogP contribution >= 0.6 is 0 Å². The SMILES string of the molecule is Cc1nc(C(N)=CC(CC(F)F)=NCc2cccc(F)c2F)ncc1F. The van der Waals surface area contributed by atoms with Crippen molar-refractivity contribution < 1.29 is 22.0 Å². The minimum Gasteiger partial charge on any atom is -0.396 e. The molecule has 0 saturated heterocycles. The Morgan fingerprint density at radius 2 is 1.96 bits per heavy atom. The van der Waals surface area contributed by atoms with Crippen LogP contribution in [0.25, 0.3) is 5.70 Å². The second-order valence-corrected chi connectivity index (χ2v) is 5.34. The van der Waals surface area contributed by atoms with Crippen LogP contribution in [0.1, 0.15) is 23.5 Å². The maximum Gasteiger partial charge on any atom is 0.244 e. The lowest BCUT2D eigenvalue weighted by Crippen LogP contribution is -2.10. The van der Waals surface area contributed by atoms with Gasteiger partial charge in [-0.25, -0.2) is 31.9 Å². The minimum absolute atomic E-state index is 0.0422. The van der Waals surface area contributed by atoms with Gasteiger partial charge in [-0.15, -0.1) is 0 Å². The zero-order valence-electron chi connectivity index (χ0n) is 13.7. The summed E-state index contributed by atoms with van der Waals surface area (Å²) in [5.74, 6) is -2.84. The summed E-state index contributed by atoms with van der Waals surface area (Å²) in [5.41, 5.74) is 5.47. The molecule has 0 amide bonds. The molecule has 1 aromatic carbocycles. The minimum atomic E-state index is -2.73. The van der Waals surface area contributed by atoms with Crippen LogP contribution in [0, 0.1) is 24.4 Å². The molecule has 0 radical (unpaired) electrons. The average molecular weight is 370 g/mol. The van der Waals surface area contributed by atoms with E-state index in [1.54, 1.807) is 0 Å². The van der Waals surface area contributed by atoms with E-state index in [4.69, 9.17) is 5.73 Å². The largest absolute Gasteiger partial charge is 0.396 e. The third-order valence-corrected chi connectivity index (χ3v) is 3.35. The van der Waals surface area contributed by atoms with E-state index < -0.39 is 30.3 Å². The van der Waals surface area contributed by atoms with Gasteiger partial charge in [0.1, 0.15) is 0 Å². The van der Waals surface area contributed by atoms with Gasteiger partial charge in [-0.2, -0.15) is 0 Å². The Kier molecular flexibility index (Phi) is 6.37. The summed E-state index contributed by atoms with van der Waals surface area (Å²) >= 11 is 0. The number of benzene rings is 1. The van der Waals surface area contributed by atoms with Gasteiger partial charge in [0.2, 0.25) is 6.43 Å². The van der Waals surface area contributed by atoms with E-state index >= 15 is 0 Å². The van der Waals surface area contributed by atoms with Gasteiger partial charge >= 0.3 is 0 Å². The van der Waals surface area contributed by atoms with Crippen molar-refractivity contribution in [3.8, 4) is 0 Å². The monoisotopic (exact) mass is 370 g/mol. The molecule has 0 aliphatic rings. The van der Waals surface area contributed by atoms with E-state index in [-0.39, 0.29) is 35.0 Å². The lowest BCUT2D eigenvalue weighted by molar-refractivity contribution is 0.157. The molecule has 2 N–H and O–H groups in total. The summed E-state index contributed by atoms with van der Waals surface area (Å²) in [4.78, 5) is 11.4. The summed E-state index contributed by atoms with van der Waals surface area (Å²) in [6, 6.07) is 3.52. The van der Waals surface area contributed by atoms with Gasteiger partial charge in [0, 0.05) is 11.3 Å². The maximum absolute atomic E-state index is 13.6. The second-order valence-electron chi connectivity index (χ2n) is 5.34. The van der Waals surface area contributed by atoms with Crippen LogP contribution in [-0.4, -0.2) is 22.1 Å². The van der Waals surface area contributed by atoms with Gasteiger partial charge < -0.3 is 5.73 Å². The predicted molar refractivity (Wildman–Crippen MR) is 87.0 cm³/mol. The molecular formula is C17H15F5N4. The number of hydrogen-bond donors (Lipinski definition) is 1. The van der Waals surface area contributed by atoms with E-state index in [9.17, 15) is 22.0 Å².